The van der Waals surface area contributed by atoms with Crippen molar-refractivity contribution in [1.82, 2.24) is 4.72 Å². The highest BCUT2D eigenvalue weighted by Crippen LogP contribution is 2.18. The highest BCUT2D eigenvalue weighted by Gasteiger charge is 2.21. The zero-order chi connectivity index (χ0) is 13.2. The first-order valence-electron chi connectivity index (χ1n) is 5.12. The predicted octanol–water partition coefficient (Wildman–Crippen LogP) is 1.13. The fourth-order valence-corrected chi connectivity index (χ4v) is 2.87. The van der Waals surface area contributed by atoms with Gasteiger partial charge in [0, 0.05) is 11.6 Å². The van der Waals surface area contributed by atoms with Crippen LogP contribution in [0.2, 0.25) is 5.02 Å². The lowest BCUT2D eigenvalue weighted by atomic mass is 10.3. The molecule has 1 heterocycles. The second kappa shape index (κ2) is 5.50. The first-order valence-corrected chi connectivity index (χ1v) is 6.98. The second-order valence-electron chi connectivity index (χ2n) is 3.73. The van der Waals surface area contributed by atoms with Crippen LogP contribution in [0.3, 0.4) is 0 Å². The molecule has 0 bridgehead atoms. The van der Waals surface area contributed by atoms with Crippen LogP contribution in [-0.4, -0.2) is 34.5 Å². The van der Waals surface area contributed by atoms with Crippen molar-refractivity contribution >= 4 is 21.6 Å². The summed E-state index contributed by atoms with van der Waals surface area (Å²) < 4.78 is 49.1. The maximum absolute atomic E-state index is 13.1. The third kappa shape index (κ3) is 3.39. The predicted molar refractivity (Wildman–Crippen MR) is 62.3 cm³/mol. The van der Waals surface area contributed by atoms with E-state index < -0.39 is 15.8 Å². The Balaban J connectivity index is 2.09. The van der Waals surface area contributed by atoms with Crippen LogP contribution in [0.25, 0.3) is 0 Å². The van der Waals surface area contributed by atoms with Gasteiger partial charge in [-0.2, -0.15) is 0 Å². The fourth-order valence-electron chi connectivity index (χ4n) is 1.46. The average Bonchev–Trinajstić information content (AvgIpc) is 2.78. The van der Waals surface area contributed by atoms with Crippen molar-refractivity contribution < 1.29 is 22.3 Å². The maximum Gasteiger partial charge on any atom is 0.240 e. The molecule has 1 unspecified atom stereocenters. The molecule has 8 heteroatoms. The Hall–Kier alpha value is -0.730. The molecule has 0 spiro atoms. The number of sulfonamides is 1. The van der Waals surface area contributed by atoms with E-state index in [1.807, 2.05) is 0 Å². The van der Waals surface area contributed by atoms with Gasteiger partial charge in [0.25, 0.3) is 0 Å². The Bertz CT molecular complexity index is 510. The second-order valence-corrected chi connectivity index (χ2v) is 5.94. The molecular weight excluding hydrogens is 285 g/mol. The van der Waals surface area contributed by atoms with Crippen LogP contribution in [0.1, 0.15) is 0 Å². The lowest BCUT2D eigenvalue weighted by molar-refractivity contribution is 0.0482. The summed E-state index contributed by atoms with van der Waals surface area (Å²) in [6.45, 7) is 0.543. The number of hydrogen-bond donors (Lipinski definition) is 1. The van der Waals surface area contributed by atoms with Crippen molar-refractivity contribution in [2.45, 2.75) is 11.0 Å². The summed E-state index contributed by atoms with van der Waals surface area (Å²) in [5.41, 5.74) is 0. The Morgan fingerprint density at radius 3 is 2.83 bits per heavy atom. The minimum atomic E-state index is -3.80. The van der Waals surface area contributed by atoms with Gasteiger partial charge in [0.2, 0.25) is 10.0 Å². The summed E-state index contributed by atoms with van der Waals surface area (Å²) in [7, 11) is -3.80. The van der Waals surface area contributed by atoms with Gasteiger partial charge in [0.05, 0.1) is 17.6 Å². The largest absolute Gasteiger partial charge is 0.353 e. The van der Waals surface area contributed by atoms with Gasteiger partial charge in [-0.05, 0) is 18.2 Å². The molecule has 1 aliphatic heterocycles. The Kier molecular flexibility index (Phi) is 4.18. The molecule has 100 valence electrons. The van der Waals surface area contributed by atoms with Gasteiger partial charge in [-0.25, -0.2) is 17.5 Å². The average molecular weight is 296 g/mol. The van der Waals surface area contributed by atoms with E-state index in [0.29, 0.717) is 6.61 Å². The van der Waals surface area contributed by atoms with E-state index in [2.05, 4.69) is 4.72 Å². The van der Waals surface area contributed by atoms with E-state index in [4.69, 9.17) is 21.1 Å². The summed E-state index contributed by atoms with van der Waals surface area (Å²) in [6.07, 6.45) is -0.330. The number of halogens is 2. The van der Waals surface area contributed by atoms with Gasteiger partial charge in [0.15, 0.2) is 0 Å². The Morgan fingerprint density at radius 1 is 1.44 bits per heavy atom. The SMILES string of the molecule is O=S(=O)(NCC1COCO1)c1cc(F)cc(Cl)c1. The number of hydrogen-bond acceptors (Lipinski definition) is 4. The number of nitrogens with one attached hydrogen (secondary N) is 1. The van der Waals surface area contributed by atoms with Crippen LogP contribution in [0, 0.1) is 5.82 Å². The summed E-state index contributed by atoms with van der Waals surface area (Å²) in [5.74, 6) is -0.705. The van der Waals surface area contributed by atoms with E-state index in [1.54, 1.807) is 0 Å². The normalized spacial score (nSPS) is 20.2. The minimum Gasteiger partial charge on any atom is -0.353 e. The lowest BCUT2D eigenvalue weighted by Gasteiger charge is -2.10. The van der Waals surface area contributed by atoms with E-state index in [9.17, 15) is 12.8 Å². The van der Waals surface area contributed by atoms with Crippen molar-refractivity contribution in [2.75, 3.05) is 19.9 Å². The molecule has 1 saturated heterocycles. The molecule has 5 nitrogen and oxygen atoms in total. The topological polar surface area (TPSA) is 64.6 Å². The van der Waals surface area contributed by atoms with Crippen molar-refractivity contribution in [3.63, 3.8) is 0 Å². The highest BCUT2D eigenvalue weighted by atomic mass is 35.5. The lowest BCUT2D eigenvalue weighted by Crippen LogP contribution is -2.33. The van der Waals surface area contributed by atoms with E-state index >= 15 is 0 Å². The summed E-state index contributed by atoms with van der Waals surface area (Å²) >= 11 is 5.61. The van der Waals surface area contributed by atoms with Crippen molar-refractivity contribution in [2.24, 2.45) is 0 Å². The first kappa shape index (κ1) is 13.7. The highest BCUT2D eigenvalue weighted by molar-refractivity contribution is 7.89. The first-order chi connectivity index (χ1) is 8.47. The monoisotopic (exact) mass is 295 g/mol. The standard InChI is InChI=1S/C10H11ClFNO4S/c11-7-1-8(12)3-10(2-7)18(14,15)13-4-9-5-16-6-17-9/h1-3,9,13H,4-6H2. The molecule has 1 aliphatic rings. The third-order valence-electron chi connectivity index (χ3n) is 2.34. The molecule has 18 heavy (non-hydrogen) atoms. The molecule has 0 amide bonds. The Morgan fingerprint density at radius 2 is 2.22 bits per heavy atom. The van der Waals surface area contributed by atoms with E-state index in [-0.39, 0.29) is 29.4 Å². The fraction of sp³-hybridized carbons (Fsp3) is 0.400. The zero-order valence-corrected chi connectivity index (χ0v) is 10.8. The van der Waals surface area contributed by atoms with Gasteiger partial charge in [0.1, 0.15) is 12.6 Å². The van der Waals surface area contributed by atoms with Crippen LogP contribution in [-0.2, 0) is 19.5 Å². The zero-order valence-electron chi connectivity index (χ0n) is 9.23. The van der Waals surface area contributed by atoms with Crippen LogP contribution in [0.4, 0.5) is 4.39 Å². The number of rotatable bonds is 4. The molecule has 1 aromatic rings. The van der Waals surface area contributed by atoms with E-state index in [0.717, 1.165) is 12.1 Å². The third-order valence-corrected chi connectivity index (χ3v) is 3.96. The smallest absolute Gasteiger partial charge is 0.240 e. The van der Waals surface area contributed by atoms with Crippen LogP contribution in [0.5, 0.6) is 0 Å². The Labute approximate surface area is 109 Å². The van der Waals surface area contributed by atoms with Gasteiger partial charge in [-0.15, -0.1) is 0 Å². The van der Waals surface area contributed by atoms with Gasteiger partial charge >= 0.3 is 0 Å². The van der Waals surface area contributed by atoms with Gasteiger partial charge in [-0.1, -0.05) is 11.6 Å². The molecule has 0 radical (unpaired) electrons. The quantitative estimate of drug-likeness (QED) is 0.904. The molecular formula is C10H11ClFNO4S. The summed E-state index contributed by atoms with van der Waals surface area (Å²) in [4.78, 5) is -0.216. The molecule has 0 aliphatic carbocycles. The molecule has 0 aromatic heterocycles. The molecule has 0 saturated carbocycles. The number of ether oxygens (including phenoxy) is 2. The molecule has 1 fully saturated rings. The maximum atomic E-state index is 13.1. The van der Waals surface area contributed by atoms with Crippen molar-refractivity contribution in [3.8, 4) is 0 Å². The van der Waals surface area contributed by atoms with Crippen LogP contribution >= 0.6 is 11.6 Å². The summed E-state index contributed by atoms with van der Waals surface area (Å²) in [6, 6.07) is 3.12. The number of benzene rings is 1. The van der Waals surface area contributed by atoms with Crippen molar-refractivity contribution in [3.05, 3.63) is 29.0 Å². The molecule has 1 aromatic carbocycles. The van der Waals surface area contributed by atoms with Gasteiger partial charge in [-0.3, -0.25) is 0 Å². The molecule has 1 N–H and O–H groups in total. The van der Waals surface area contributed by atoms with Crippen LogP contribution in [0.15, 0.2) is 23.1 Å². The van der Waals surface area contributed by atoms with Gasteiger partial charge < -0.3 is 9.47 Å². The van der Waals surface area contributed by atoms with Crippen LogP contribution < -0.4 is 4.72 Å². The minimum absolute atomic E-state index is 0.0239. The summed E-state index contributed by atoms with van der Waals surface area (Å²) in [5, 5.41) is 0.0239. The van der Waals surface area contributed by atoms with E-state index in [1.165, 1.54) is 6.07 Å². The van der Waals surface area contributed by atoms with Crippen molar-refractivity contribution in [1.29, 1.82) is 0 Å². The molecule has 2 rings (SSSR count). The molecule has 1 atom stereocenters.